The molecule has 6 nitrogen and oxygen atoms in total. The summed E-state index contributed by atoms with van der Waals surface area (Å²) >= 11 is 0. The summed E-state index contributed by atoms with van der Waals surface area (Å²) in [6.45, 7) is 1.32. The van der Waals surface area contributed by atoms with Crippen LogP contribution in [-0.2, 0) is 14.8 Å². The SMILES string of the molecule is CN(C)C(=O)C1CNCCN1S(C)(=O)=O. The van der Waals surface area contributed by atoms with Gasteiger partial charge >= 0.3 is 0 Å². The highest BCUT2D eigenvalue weighted by atomic mass is 32.2. The normalized spacial score (nSPS) is 23.8. The number of nitrogens with one attached hydrogen (secondary N) is 1. The first kappa shape index (κ1) is 12.4. The Kier molecular flexibility index (Phi) is 3.69. The van der Waals surface area contributed by atoms with Crippen LogP contribution in [0.3, 0.4) is 0 Å². The molecule has 0 aromatic carbocycles. The Labute approximate surface area is 90.3 Å². The zero-order valence-electron chi connectivity index (χ0n) is 9.23. The number of sulfonamides is 1. The summed E-state index contributed by atoms with van der Waals surface area (Å²) in [5, 5.41) is 3.02. The van der Waals surface area contributed by atoms with Gasteiger partial charge in [-0.1, -0.05) is 0 Å². The first-order valence-corrected chi connectivity index (χ1v) is 6.57. The van der Waals surface area contributed by atoms with Crippen molar-refractivity contribution < 1.29 is 13.2 Å². The molecule has 0 radical (unpaired) electrons. The van der Waals surface area contributed by atoms with E-state index in [1.54, 1.807) is 14.1 Å². The molecule has 1 aliphatic heterocycles. The Bertz CT molecular complexity index is 339. The van der Waals surface area contributed by atoms with Gasteiger partial charge in [-0.25, -0.2) is 8.42 Å². The lowest BCUT2D eigenvalue weighted by Gasteiger charge is -2.34. The van der Waals surface area contributed by atoms with Crippen LogP contribution in [-0.4, -0.2) is 69.6 Å². The molecule has 1 atom stereocenters. The summed E-state index contributed by atoms with van der Waals surface area (Å²) in [6, 6.07) is -0.608. The third kappa shape index (κ3) is 2.90. The number of carbonyl (C=O) groups is 1. The molecule has 88 valence electrons. The maximum absolute atomic E-state index is 11.7. The smallest absolute Gasteiger partial charge is 0.241 e. The number of nitrogens with zero attached hydrogens (tertiary/aromatic N) is 2. The van der Waals surface area contributed by atoms with Crippen molar-refractivity contribution in [2.45, 2.75) is 6.04 Å². The van der Waals surface area contributed by atoms with E-state index in [1.807, 2.05) is 0 Å². The van der Waals surface area contributed by atoms with Crippen LogP contribution >= 0.6 is 0 Å². The molecular formula is C8H17N3O3S. The van der Waals surface area contributed by atoms with Gasteiger partial charge in [-0.3, -0.25) is 4.79 Å². The van der Waals surface area contributed by atoms with Gasteiger partial charge in [0, 0.05) is 33.7 Å². The Balaban J connectivity index is 2.89. The Morgan fingerprint density at radius 3 is 2.53 bits per heavy atom. The monoisotopic (exact) mass is 235 g/mol. The molecule has 0 aromatic heterocycles. The summed E-state index contributed by atoms with van der Waals surface area (Å²) in [6.07, 6.45) is 1.13. The molecular weight excluding hydrogens is 218 g/mol. The second-order valence-electron chi connectivity index (χ2n) is 3.83. The predicted octanol–water partition coefficient (Wildman–Crippen LogP) is -1.69. The van der Waals surface area contributed by atoms with Crippen LogP contribution in [0.25, 0.3) is 0 Å². The van der Waals surface area contributed by atoms with Crippen molar-refractivity contribution >= 4 is 15.9 Å². The van der Waals surface area contributed by atoms with Gasteiger partial charge in [-0.15, -0.1) is 0 Å². The quantitative estimate of drug-likeness (QED) is 0.620. The molecule has 1 saturated heterocycles. The molecule has 15 heavy (non-hydrogen) atoms. The van der Waals surface area contributed by atoms with E-state index in [1.165, 1.54) is 9.21 Å². The number of amides is 1. The third-order valence-electron chi connectivity index (χ3n) is 2.35. The molecule has 0 bridgehead atoms. The number of rotatable bonds is 2. The number of hydrogen-bond donors (Lipinski definition) is 1. The fourth-order valence-electron chi connectivity index (χ4n) is 1.59. The van der Waals surface area contributed by atoms with Gasteiger partial charge in [0.1, 0.15) is 6.04 Å². The molecule has 0 spiro atoms. The summed E-state index contributed by atoms with van der Waals surface area (Å²) in [5.74, 6) is -0.187. The van der Waals surface area contributed by atoms with E-state index in [4.69, 9.17) is 0 Å². The van der Waals surface area contributed by atoms with Crippen LogP contribution < -0.4 is 5.32 Å². The molecule has 7 heteroatoms. The Morgan fingerprint density at radius 2 is 2.07 bits per heavy atom. The minimum atomic E-state index is -3.31. The molecule has 1 unspecified atom stereocenters. The van der Waals surface area contributed by atoms with Gasteiger partial charge in [0.15, 0.2) is 0 Å². The largest absolute Gasteiger partial charge is 0.347 e. The molecule has 0 aromatic rings. The van der Waals surface area contributed by atoms with Crippen molar-refractivity contribution in [2.75, 3.05) is 40.0 Å². The van der Waals surface area contributed by atoms with E-state index in [0.29, 0.717) is 19.6 Å². The van der Waals surface area contributed by atoms with E-state index in [0.717, 1.165) is 6.26 Å². The maximum atomic E-state index is 11.7. The number of carbonyl (C=O) groups excluding carboxylic acids is 1. The Hall–Kier alpha value is -0.660. The van der Waals surface area contributed by atoms with Crippen molar-refractivity contribution in [3.05, 3.63) is 0 Å². The van der Waals surface area contributed by atoms with E-state index in [-0.39, 0.29) is 5.91 Å². The van der Waals surface area contributed by atoms with Crippen molar-refractivity contribution in [1.82, 2.24) is 14.5 Å². The van der Waals surface area contributed by atoms with E-state index >= 15 is 0 Å². The van der Waals surface area contributed by atoms with E-state index < -0.39 is 16.1 Å². The molecule has 0 aliphatic carbocycles. The number of hydrogen-bond acceptors (Lipinski definition) is 4. The van der Waals surface area contributed by atoms with Gasteiger partial charge in [-0.2, -0.15) is 4.31 Å². The second kappa shape index (κ2) is 4.46. The molecule has 0 saturated carbocycles. The topological polar surface area (TPSA) is 69.7 Å². The second-order valence-corrected chi connectivity index (χ2v) is 5.76. The fourth-order valence-corrected chi connectivity index (χ4v) is 2.64. The molecule has 1 aliphatic rings. The molecule has 1 amide bonds. The fraction of sp³-hybridized carbons (Fsp3) is 0.875. The molecule has 1 rings (SSSR count). The number of likely N-dealkylation sites (N-methyl/N-ethyl adjacent to an activating group) is 1. The lowest BCUT2D eigenvalue weighted by Crippen LogP contribution is -2.58. The van der Waals surface area contributed by atoms with Crippen LogP contribution in [0.1, 0.15) is 0 Å². The third-order valence-corrected chi connectivity index (χ3v) is 3.64. The van der Waals surface area contributed by atoms with Crippen molar-refractivity contribution in [3.63, 3.8) is 0 Å². The van der Waals surface area contributed by atoms with Gasteiger partial charge in [-0.05, 0) is 0 Å². The lowest BCUT2D eigenvalue weighted by atomic mass is 10.2. The number of piperazine rings is 1. The summed E-state index contributed by atoms with van der Waals surface area (Å²) in [4.78, 5) is 13.1. The summed E-state index contributed by atoms with van der Waals surface area (Å²) in [5.41, 5.74) is 0. The average Bonchev–Trinajstić information content (AvgIpc) is 2.15. The van der Waals surface area contributed by atoms with Crippen LogP contribution in [0.4, 0.5) is 0 Å². The van der Waals surface area contributed by atoms with E-state index in [9.17, 15) is 13.2 Å². The van der Waals surface area contributed by atoms with Crippen molar-refractivity contribution in [3.8, 4) is 0 Å². The lowest BCUT2D eigenvalue weighted by molar-refractivity contribution is -0.133. The van der Waals surface area contributed by atoms with Crippen molar-refractivity contribution in [2.24, 2.45) is 0 Å². The molecule has 1 fully saturated rings. The first-order valence-electron chi connectivity index (χ1n) is 4.72. The zero-order valence-corrected chi connectivity index (χ0v) is 10.0. The highest BCUT2D eigenvalue weighted by molar-refractivity contribution is 7.88. The average molecular weight is 235 g/mol. The van der Waals surface area contributed by atoms with Gasteiger partial charge in [0.05, 0.1) is 6.26 Å². The van der Waals surface area contributed by atoms with Crippen molar-refractivity contribution in [1.29, 1.82) is 0 Å². The van der Waals surface area contributed by atoms with Gasteiger partial charge in [0.2, 0.25) is 15.9 Å². The zero-order chi connectivity index (χ0) is 11.6. The highest BCUT2D eigenvalue weighted by Crippen LogP contribution is 2.10. The highest BCUT2D eigenvalue weighted by Gasteiger charge is 2.34. The van der Waals surface area contributed by atoms with Crippen LogP contribution in [0.15, 0.2) is 0 Å². The van der Waals surface area contributed by atoms with Gasteiger partial charge in [0.25, 0.3) is 0 Å². The standard InChI is InChI=1S/C8H17N3O3S/c1-10(2)8(12)7-6-9-4-5-11(7)15(3,13)14/h7,9H,4-6H2,1-3H3. The van der Waals surface area contributed by atoms with E-state index in [2.05, 4.69) is 5.32 Å². The minimum Gasteiger partial charge on any atom is -0.347 e. The summed E-state index contributed by atoms with van der Waals surface area (Å²) < 4.78 is 24.2. The van der Waals surface area contributed by atoms with Crippen LogP contribution in [0.5, 0.6) is 0 Å². The molecule has 1 heterocycles. The summed E-state index contributed by atoms with van der Waals surface area (Å²) in [7, 11) is -0.0629. The van der Waals surface area contributed by atoms with Crippen LogP contribution in [0, 0.1) is 0 Å². The maximum Gasteiger partial charge on any atom is 0.241 e. The Morgan fingerprint density at radius 1 is 1.47 bits per heavy atom. The minimum absolute atomic E-state index is 0.187. The first-order chi connectivity index (χ1) is 6.84. The molecule has 1 N–H and O–H groups in total. The van der Waals surface area contributed by atoms with Crippen LogP contribution in [0.2, 0.25) is 0 Å². The van der Waals surface area contributed by atoms with Gasteiger partial charge < -0.3 is 10.2 Å². The predicted molar refractivity (Wildman–Crippen MR) is 56.9 cm³/mol.